The van der Waals surface area contributed by atoms with Crippen LogP contribution in [0.4, 0.5) is 5.13 Å². The molecule has 172 valence electrons. The molecule has 3 saturated heterocycles. The average Bonchev–Trinajstić information content (AvgIpc) is 3.22. The number of thiazole rings is 1. The van der Waals surface area contributed by atoms with Crippen molar-refractivity contribution in [3.8, 4) is 0 Å². The van der Waals surface area contributed by atoms with Crippen molar-refractivity contribution in [3.63, 3.8) is 0 Å². The molecule has 11 heteroatoms. The maximum atomic E-state index is 13.2. The summed E-state index contributed by atoms with van der Waals surface area (Å²) in [7, 11) is 0. The molecule has 1 atom stereocenters. The van der Waals surface area contributed by atoms with Gasteiger partial charge in [0.25, 0.3) is 0 Å². The van der Waals surface area contributed by atoms with Crippen LogP contribution in [0.5, 0.6) is 0 Å². The van der Waals surface area contributed by atoms with E-state index < -0.39 is 23.3 Å². The highest BCUT2D eigenvalue weighted by Crippen LogP contribution is 2.46. The molecule has 3 aliphatic heterocycles. The van der Waals surface area contributed by atoms with Crippen LogP contribution in [0.25, 0.3) is 10.2 Å². The summed E-state index contributed by atoms with van der Waals surface area (Å²) < 4.78 is 5.87. The number of benzene rings is 1. The van der Waals surface area contributed by atoms with Gasteiger partial charge in [0.2, 0.25) is 23.6 Å². The van der Waals surface area contributed by atoms with Gasteiger partial charge in [-0.3, -0.25) is 29.4 Å². The van der Waals surface area contributed by atoms with Gasteiger partial charge in [-0.2, -0.15) is 0 Å². The van der Waals surface area contributed by atoms with Crippen LogP contribution in [-0.4, -0.2) is 65.2 Å². The number of carbonyl (C=O) groups is 5. The second-order valence-corrected chi connectivity index (χ2v) is 9.61. The number of imide groups is 2. The van der Waals surface area contributed by atoms with Gasteiger partial charge in [-0.05, 0) is 38.0 Å². The molecule has 3 aliphatic rings. The highest BCUT2D eigenvalue weighted by atomic mass is 32.1. The number of nitrogens with one attached hydrogen (secondary N) is 1. The Morgan fingerprint density at radius 3 is 2.82 bits per heavy atom. The lowest BCUT2D eigenvalue weighted by atomic mass is 9.78. The normalized spacial score (nSPS) is 22.5. The molecule has 4 amide bonds. The molecule has 0 radical (unpaired) electrons. The molecule has 5 rings (SSSR count). The molecule has 1 aromatic carbocycles. The Hall–Kier alpha value is -3.34. The van der Waals surface area contributed by atoms with Crippen LogP contribution < -0.4 is 10.2 Å². The Kier molecular flexibility index (Phi) is 5.15. The van der Waals surface area contributed by atoms with Crippen LogP contribution in [0.3, 0.4) is 0 Å². The fourth-order valence-corrected chi connectivity index (χ4v) is 5.71. The van der Waals surface area contributed by atoms with E-state index in [4.69, 9.17) is 4.74 Å². The van der Waals surface area contributed by atoms with Crippen molar-refractivity contribution in [3.05, 3.63) is 23.8 Å². The Labute approximate surface area is 192 Å². The summed E-state index contributed by atoms with van der Waals surface area (Å²) in [4.78, 5) is 69.6. The summed E-state index contributed by atoms with van der Waals surface area (Å²) in [6, 6.07) is 4.23. The third-order valence-corrected chi connectivity index (χ3v) is 7.41. The molecule has 1 spiro atoms. The Bertz CT molecular complexity index is 1200. The van der Waals surface area contributed by atoms with Crippen molar-refractivity contribution in [1.82, 2.24) is 15.2 Å². The molecule has 1 unspecified atom stereocenters. The van der Waals surface area contributed by atoms with Crippen LogP contribution in [0.15, 0.2) is 18.2 Å². The van der Waals surface area contributed by atoms with Crippen molar-refractivity contribution >= 4 is 56.3 Å². The van der Waals surface area contributed by atoms with E-state index in [-0.39, 0.29) is 37.0 Å². The summed E-state index contributed by atoms with van der Waals surface area (Å²) in [5.41, 5.74) is 0.313. The number of hydrogen-bond donors (Lipinski definition) is 1. The number of likely N-dealkylation sites (tertiary alicyclic amines) is 1. The Balaban J connectivity index is 1.32. The van der Waals surface area contributed by atoms with Crippen molar-refractivity contribution in [2.24, 2.45) is 5.41 Å². The van der Waals surface area contributed by atoms with Gasteiger partial charge < -0.3 is 9.64 Å². The molecule has 3 fully saturated rings. The molecule has 4 heterocycles. The summed E-state index contributed by atoms with van der Waals surface area (Å²) >= 11 is 1.40. The first-order valence-corrected chi connectivity index (χ1v) is 11.7. The lowest BCUT2D eigenvalue weighted by molar-refractivity contribution is -0.150. The van der Waals surface area contributed by atoms with Crippen molar-refractivity contribution < 1.29 is 28.7 Å². The zero-order valence-electron chi connectivity index (χ0n) is 18.0. The molecule has 0 aliphatic carbocycles. The van der Waals surface area contributed by atoms with Gasteiger partial charge in [0, 0.05) is 25.9 Å². The summed E-state index contributed by atoms with van der Waals surface area (Å²) in [5.74, 6) is -2.10. The van der Waals surface area contributed by atoms with Crippen molar-refractivity contribution in [2.45, 2.75) is 38.6 Å². The predicted octanol–water partition coefficient (Wildman–Crippen LogP) is 1.23. The molecule has 1 N–H and O–H groups in total. The van der Waals surface area contributed by atoms with Crippen molar-refractivity contribution in [2.75, 3.05) is 24.6 Å². The third-order valence-electron chi connectivity index (χ3n) is 6.33. The van der Waals surface area contributed by atoms with E-state index in [1.165, 1.54) is 11.3 Å². The van der Waals surface area contributed by atoms with Gasteiger partial charge in [-0.1, -0.05) is 11.3 Å². The predicted molar refractivity (Wildman–Crippen MR) is 117 cm³/mol. The average molecular weight is 471 g/mol. The minimum atomic E-state index is -0.936. The van der Waals surface area contributed by atoms with Crippen LogP contribution >= 0.6 is 11.3 Å². The van der Waals surface area contributed by atoms with E-state index in [1.807, 2.05) is 4.90 Å². The maximum Gasteiger partial charge on any atom is 0.338 e. The zero-order chi connectivity index (χ0) is 23.3. The monoisotopic (exact) mass is 470 g/mol. The first kappa shape index (κ1) is 21.5. The number of carbonyl (C=O) groups excluding carboxylic acids is 5. The second kappa shape index (κ2) is 7.91. The van der Waals surface area contributed by atoms with E-state index in [0.717, 1.165) is 15.1 Å². The number of amides is 4. The minimum Gasteiger partial charge on any atom is -0.462 e. The molecule has 10 nitrogen and oxygen atoms in total. The molecule has 0 bridgehead atoms. The lowest BCUT2D eigenvalue weighted by Gasteiger charge is -2.45. The SMILES string of the molecule is CCOC(=O)c1ccc2nc(N3CC4(CC(=O)N(C5CCCC(=O)NC5=O)C4=O)C3)sc2c1. The number of nitrogens with zero attached hydrogens (tertiary/aromatic N) is 3. The highest BCUT2D eigenvalue weighted by Gasteiger charge is 2.61. The smallest absolute Gasteiger partial charge is 0.338 e. The topological polar surface area (TPSA) is 126 Å². The number of esters is 1. The molecular weight excluding hydrogens is 448 g/mol. The Morgan fingerprint density at radius 1 is 1.27 bits per heavy atom. The summed E-state index contributed by atoms with van der Waals surface area (Å²) in [6.07, 6.45) is 0.970. The molecule has 1 aromatic heterocycles. The quantitative estimate of drug-likeness (QED) is 0.522. The Morgan fingerprint density at radius 2 is 2.06 bits per heavy atom. The standard InChI is InChI=1S/C22H22N4O6S/c1-2-32-19(30)12-6-7-13-15(8-12)33-21(23-13)25-10-22(11-25)9-17(28)26(20(22)31)14-4-3-5-16(27)24-18(14)29/h6-8,14H,2-5,9-11H2,1H3,(H,24,27,29). The number of hydrogen-bond acceptors (Lipinski definition) is 9. The van der Waals surface area contributed by atoms with Crippen LogP contribution in [0.2, 0.25) is 0 Å². The van der Waals surface area contributed by atoms with Gasteiger partial charge in [0.15, 0.2) is 5.13 Å². The molecule has 2 aromatic rings. The first-order valence-electron chi connectivity index (χ1n) is 10.8. The summed E-state index contributed by atoms with van der Waals surface area (Å²) in [6.45, 7) is 2.69. The van der Waals surface area contributed by atoms with Crippen LogP contribution in [0, 0.1) is 5.41 Å². The van der Waals surface area contributed by atoms with Crippen LogP contribution in [-0.2, 0) is 23.9 Å². The molecule has 0 saturated carbocycles. The fourth-order valence-electron chi connectivity index (χ4n) is 4.71. The summed E-state index contributed by atoms with van der Waals surface area (Å²) in [5, 5.41) is 2.97. The fraction of sp³-hybridized carbons (Fsp3) is 0.455. The number of aromatic nitrogens is 1. The van der Waals surface area contributed by atoms with Gasteiger partial charge in [-0.15, -0.1) is 0 Å². The van der Waals surface area contributed by atoms with Gasteiger partial charge in [0.05, 0.1) is 27.8 Å². The van der Waals surface area contributed by atoms with Crippen molar-refractivity contribution in [1.29, 1.82) is 0 Å². The number of ether oxygens (including phenoxy) is 1. The number of anilines is 1. The second-order valence-electron chi connectivity index (χ2n) is 8.60. The molecular formula is C22H22N4O6S. The third kappa shape index (κ3) is 3.56. The van der Waals surface area contributed by atoms with Crippen LogP contribution in [0.1, 0.15) is 43.0 Å². The van der Waals surface area contributed by atoms with Gasteiger partial charge in [-0.25, -0.2) is 9.78 Å². The zero-order valence-corrected chi connectivity index (χ0v) is 18.8. The molecule has 33 heavy (non-hydrogen) atoms. The minimum absolute atomic E-state index is 0.0396. The van der Waals surface area contributed by atoms with E-state index in [2.05, 4.69) is 10.3 Å². The first-order chi connectivity index (χ1) is 15.8. The van der Waals surface area contributed by atoms with Gasteiger partial charge >= 0.3 is 5.97 Å². The van der Waals surface area contributed by atoms with E-state index in [9.17, 15) is 24.0 Å². The highest BCUT2D eigenvalue weighted by molar-refractivity contribution is 7.22. The maximum absolute atomic E-state index is 13.2. The van der Waals surface area contributed by atoms with E-state index in [0.29, 0.717) is 36.8 Å². The largest absolute Gasteiger partial charge is 0.462 e. The number of fused-ring (bicyclic) bond motifs is 1. The number of rotatable bonds is 4. The van der Waals surface area contributed by atoms with E-state index >= 15 is 0 Å². The van der Waals surface area contributed by atoms with Gasteiger partial charge in [0.1, 0.15) is 6.04 Å². The van der Waals surface area contributed by atoms with E-state index in [1.54, 1.807) is 25.1 Å². The lowest BCUT2D eigenvalue weighted by Crippen LogP contribution is -2.61.